The molecule has 3 amide bonds. The molecule has 2 N–H and O–H groups in total. The number of carbonyl (C=O) groups excluding carboxylic acids is 3. The average molecular weight is 864 g/mol. The number of guanidine groups is 1. The number of hydrogen-bond donors (Lipinski definition) is 2. The van der Waals surface area contributed by atoms with Gasteiger partial charge in [0.15, 0.2) is 11.4 Å². The first-order chi connectivity index (χ1) is 29.1. The molecule has 0 unspecified atom stereocenters. The van der Waals surface area contributed by atoms with Crippen LogP contribution in [0.5, 0.6) is 0 Å². The van der Waals surface area contributed by atoms with Gasteiger partial charge in [-0.3, -0.25) is 25.0 Å². The van der Waals surface area contributed by atoms with Crippen molar-refractivity contribution in [3.8, 4) is 16.9 Å². The van der Waals surface area contributed by atoms with Gasteiger partial charge >= 0.3 is 18.4 Å². The van der Waals surface area contributed by atoms with Crippen LogP contribution in [0.15, 0.2) is 115 Å². The number of hydrogen-bond acceptors (Lipinski definition) is 10. The van der Waals surface area contributed by atoms with Crippen LogP contribution in [0.4, 0.5) is 31.5 Å². The zero-order valence-electron chi connectivity index (χ0n) is 32.1. The number of alkyl halides is 5. The summed E-state index contributed by atoms with van der Waals surface area (Å²) in [6, 6.07) is 17.7. The van der Waals surface area contributed by atoms with E-state index in [0.29, 0.717) is 28.0 Å². The Balaban J connectivity index is 1.33. The molecule has 1 aliphatic carbocycles. The molecule has 0 spiro atoms. The van der Waals surface area contributed by atoms with Crippen LogP contribution in [0.1, 0.15) is 61.2 Å². The number of aromatic nitrogens is 5. The zero-order chi connectivity index (χ0) is 43.5. The number of halogens is 6. The zero-order valence-corrected chi connectivity index (χ0v) is 32.8. The van der Waals surface area contributed by atoms with Crippen LogP contribution < -0.4 is 10.6 Å². The molecule has 2 atom stereocenters. The predicted molar refractivity (Wildman–Crippen MR) is 209 cm³/mol. The van der Waals surface area contributed by atoms with Gasteiger partial charge in [-0.15, -0.1) is 6.58 Å². The second kappa shape index (κ2) is 17.1. The highest BCUT2D eigenvalue weighted by Gasteiger charge is 2.64. The second-order valence-corrected chi connectivity index (χ2v) is 14.7. The molecular formula is C41H35ClF5N9O5. The molecule has 7 rings (SSSR count). The van der Waals surface area contributed by atoms with Crippen molar-refractivity contribution >= 4 is 35.7 Å². The van der Waals surface area contributed by atoms with Gasteiger partial charge in [0, 0.05) is 24.4 Å². The number of rotatable bonds is 13. The Labute approximate surface area is 349 Å². The van der Waals surface area contributed by atoms with Crippen molar-refractivity contribution in [3.63, 3.8) is 0 Å². The summed E-state index contributed by atoms with van der Waals surface area (Å²) in [5.41, 5.74) is -1.83. The maximum atomic E-state index is 15.3. The van der Waals surface area contributed by atoms with Crippen LogP contribution in [-0.4, -0.2) is 72.0 Å². The van der Waals surface area contributed by atoms with Crippen LogP contribution in [0.2, 0.25) is 5.02 Å². The maximum Gasteiger partial charge on any atom is 0.414 e. The fourth-order valence-electron chi connectivity index (χ4n) is 6.81. The van der Waals surface area contributed by atoms with Crippen LogP contribution in [-0.2, 0) is 26.4 Å². The van der Waals surface area contributed by atoms with Gasteiger partial charge in [-0.2, -0.15) is 18.3 Å². The lowest BCUT2D eigenvalue weighted by molar-refractivity contribution is -0.164. The van der Waals surface area contributed by atoms with E-state index in [1.54, 1.807) is 67.7 Å². The van der Waals surface area contributed by atoms with Gasteiger partial charge in [-0.1, -0.05) is 77.8 Å². The Morgan fingerprint density at radius 3 is 2.36 bits per heavy atom. The van der Waals surface area contributed by atoms with Crippen LogP contribution in [0.3, 0.4) is 0 Å². The summed E-state index contributed by atoms with van der Waals surface area (Å²) in [6.07, 6.45) is -5.82. The number of nitrogens with zero attached hydrogens (tertiary/aromatic N) is 7. The van der Waals surface area contributed by atoms with Gasteiger partial charge in [0.05, 0.1) is 28.6 Å². The molecular weight excluding hydrogens is 829 g/mol. The molecule has 20 heteroatoms. The molecule has 14 nitrogen and oxygen atoms in total. The second-order valence-electron chi connectivity index (χ2n) is 14.3. The SMILES string of the molecule is C=C(C)C[C@]1(c2ccc(-c3cnccn3)cc2)N=C(NC(=O)OCc2ccccc2)N([C@H](COC(=O)NC2(C(F)(F)F)CC2)c2ccc(Cl)c(-n3ncnc3C(F)F)c2)C1=O. The van der Waals surface area contributed by atoms with Crippen molar-refractivity contribution in [1.29, 1.82) is 0 Å². The van der Waals surface area contributed by atoms with E-state index in [1.807, 2.05) is 5.32 Å². The quantitative estimate of drug-likeness (QED) is 0.0878. The van der Waals surface area contributed by atoms with E-state index in [2.05, 4.69) is 31.9 Å². The summed E-state index contributed by atoms with van der Waals surface area (Å²) in [6.45, 7) is 4.65. The van der Waals surface area contributed by atoms with Crippen molar-refractivity contribution < 1.29 is 45.8 Å². The van der Waals surface area contributed by atoms with E-state index in [0.717, 1.165) is 15.9 Å². The lowest BCUT2D eigenvalue weighted by atomic mass is 9.83. The topological polar surface area (TPSA) is 166 Å². The monoisotopic (exact) mass is 863 g/mol. The molecule has 0 radical (unpaired) electrons. The lowest BCUT2D eigenvalue weighted by Crippen LogP contribution is -2.50. The summed E-state index contributed by atoms with van der Waals surface area (Å²) in [4.78, 5) is 59.9. The summed E-state index contributed by atoms with van der Waals surface area (Å²) in [5, 5.41) is 8.23. The molecule has 61 heavy (non-hydrogen) atoms. The third-order valence-electron chi connectivity index (χ3n) is 9.97. The van der Waals surface area contributed by atoms with Crippen LogP contribution >= 0.6 is 11.6 Å². The number of benzene rings is 3. The van der Waals surface area contributed by atoms with E-state index in [1.165, 1.54) is 30.6 Å². The van der Waals surface area contributed by atoms with Gasteiger partial charge < -0.3 is 14.8 Å². The fraction of sp³-hybridized carbons (Fsp3) is 0.268. The van der Waals surface area contributed by atoms with E-state index < -0.39 is 66.2 Å². The number of ether oxygens (including phenoxy) is 2. The van der Waals surface area contributed by atoms with E-state index >= 15 is 4.79 Å². The summed E-state index contributed by atoms with van der Waals surface area (Å²) in [7, 11) is 0. The third-order valence-corrected chi connectivity index (χ3v) is 10.3. The van der Waals surface area contributed by atoms with Crippen molar-refractivity contribution in [3.05, 3.63) is 137 Å². The van der Waals surface area contributed by atoms with E-state index in [-0.39, 0.29) is 42.1 Å². The average Bonchev–Trinajstić information content (AvgIpc) is 3.78. The number of carbonyl (C=O) groups is 3. The Hall–Kier alpha value is -6.76. The Kier molecular flexibility index (Phi) is 11.9. The van der Waals surface area contributed by atoms with Gasteiger partial charge in [0.2, 0.25) is 5.96 Å². The number of alkyl carbamates (subject to hydrolysis) is 2. The first kappa shape index (κ1) is 42.4. The van der Waals surface area contributed by atoms with Crippen LogP contribution in [0, 0.1) is 0 Å². The highest BCUT2D eigenvalue weighted by atomic mass is 35.5. The molecule has 1 aliphatic heterocycles. The molecule has 2 aromatic heterocycles. The Morgan fingerprint density at radius 1 is 0.984 bits per heavy atom. The highest BCUT2D eigenvalue weighted by molar-refractivity contribution is 6.32. The third kappa shape index (κ3) is 8.91. The maximum absolute atomic E-state index is 15.3. The lowest BCUT2D eigenvalue weighted by Gasteiger charge is -2.32. The van der Waals surface area contributed by atoms with Gasteiger partial charge in [-0.25, -0.2) is 33.0 Å². The van der Waals surface area contributed by atoms with Crippen molar-refractivity contribution in [2.24, 2.45) is 4.99 Å². The molecule has 316 valence electrons. The van der Waals surface area contributed by atoms with Crippen molar-refractivity contribution in [2.45, 2.75) is 62.5 Å². The van der Waals surface area contributed by atoms with Gasteiger partial charge in [-0.05, 0) is 48.6 Å². The predicted octanol–water partition coefficient (Wildman–Crippen LogP) is 8.16. The first-order valence-corrected chi connectivity index (χ1v) is 18.9. The standard InChI is InChI=1S/C41H35ClF5N9O5/c1-24(2)19-40(28-11-8-26(9-12-28)30-20-48-16-17-49-30)35(57)55(36(53-40)52-37(58)60-21-25-6-4-3-5-7-25)32(22-61-38(59)54-39(14-15-39)41(45,46)47)27-10-13-29(42)31(18-27)56-34(33(43)44)50-23-51-56/h3-13,16-18,20,23,32-33H,1,14-15,19,21-22H2,2H3,(H,54,59)(H,52,53,58)/t32-,40-/m1/s1. The van der Waals surface area contributed by atoms with E-state index in [4.69, 9.17) is 26.1 Å². The molecule has 3 aromatic carbocycles. The molecule has 5 aromatic rings. The van der Waals surface area contributed by atoms with Gasteiger partial charge in [0.25, 0.3) is 12.3 Å². The number of nitrogens with one attached hydrogen (secondary N) is 2. The summed E-state index contributed by atoms with van der Waals surface area (Å²) in [5.74, 6) is -1.98. The smallest absolute Gasteiger partial charge is 0.414 e. The highest BCUT2D eigenvalue weighted by Crippen LogP contribution is 2.49. The normalized spacial score (nSPS) is 17.4. The molecule has 0 bridgehead atoms. The fourth-order valence-corrected chi connectivity index (χ4v) is 7.00. The molecule has 0 saturated heterocycles. The largest absolute Gasteiger partial charge is 0.447 e. The minimum atomic E-state index is -4.78. The number of amides is 3. The Bertz CT molecular complexity index is 2470. The molecule has 2 aliphatic rings. The van der Waals surface area contributed by atoms with Gasteiger partial charge in [0.1, 0.15) is 25.1 Å². The van der Waals surface area contributed by atoms with Crippen molar-refractivity contribution in [1.82, 2.24) is 40.3 Å². The molecule has 1 saturated carbocycles. The minimum Gasteiger partial charge on any atom is -0.447 e. The van der Waals surface area contributed by atoms with Crippen LogP contribution in [0.25, 0.3) is 16.9 Å². The number of aliphatic imine (C=N–C) groups is 1. The summed E-state index contributed by atoms with van der Waals surface area (Å²) >= 11 is 6.50. The first-order valence-electron chi connectivity index (χ1n) is 18.5. The van der Waals surface area contributed by atoms with Crippen molar-refractivity contribution in [2.75, 3.05) is 6.61 Å². The Morgan fingerprint density at radius 2 is 1.72 bits per heavy atom. The molecule has 3 heterocycles. The molecule has 1 fully saturated rings. The summed E-state index contributed by atoms with van der Waals surface area (Å²) < 4.78 is 81.3. The minimum absolute atomic E-state index is 0.0458. The van der Waals surface area contributed by atoms with E-state index in [9.17, 15) is 31.5 Å².